The molecule has 0 aliphatic heterocycles. The Bertz CT molecular complexity index is 3320. The molecular weight excluding hydrogens is 919 g/mol. The highest BCUT2D eigenvalue weighted by Gasteiger charge is 2.22. The second-order valence-corrected chi connectivity index (χ2v) is 21.6. The number of hydrogen-bond acceptors (Lipinski definition) is 6. The van der Waals surface area contributed by atoms with E-state index in [1.54, 1.807) is 0 Å². The molecular formula is C69H69N3O3. The monoisotopic (exact) mass is 988 g/mol. The fraction of sp³-hybridized carbons (Fsp3) is 0.217. The Morgan fingerprint density at radius 1 is 0.293 bits per heavy atom. The van der Waals surface area contributed by atoms with Crippen molar-refractivity contribution in [3.8, 4) is 50.6 Å². The van der Waals surface area contributed by atoms with E-state index < -0.39 is 0 Å². The number of nitrogens with zero attached hydrogens (tertiary/aromatic N) is 3. The molecule has 0 aliphatic carbocycles. The van der Waals surface area contributed by atoms with Gasteiger partial charge in [-0.15, -0.1) is 0 Å². The van der Waals surface area contributed by atoms with Crippen LogP contribution in [0.3, 0.4) is 0 Å². The molecule has 0 fully saturated rings. The highest BCUT2D eigenvalue weighted by Crippen LogP contribution is 2.44. The minimum atomic E-state index is 0.307. The standard InChI is InChI=1S/C69H69N3O3/c1-43-28-46(4)64(61(73)31-43)67-55(25-22-52-16-10-13-19-58(52)67)40-70(7)37-49-34-50(38-71(8)41-56-26-23-53-17-11-14-20-59(53)68(56)65-47(5)29-44(2)32-62(65)74)36-51(35-49)39-72(9)42-57-27-24-54-18-12-15-21-60(54)69(57)66-48(6)30-45(3)33-63(66)75/h10-36,73-75H,37-42H2,1-9H3. The molecule has 0 heterocycles. The third-order valence-corrected chi connectivity index (χ3v) is 15.0. The van der Waals surface area contributed by atoms with Crippen LogP contribution in [0.1, 0.15) is 66.8 Å². The third kappa shape index (κ3) is 10.7. The molecule has 10 rings (SSSR count). The predicted molar refractivity (Wildman–Crippen MR) is 314 cm³/mol. The van der Waals surface area contributed by atoms with Crippen LogP contribution in [0.2, 0.25) is 0 Å². The summed E-state index contributed by atoms with van der Waals surface area (Å²) in [6.45, 7) is 16.6. The van der Waals surface area contributed by atoms with Gasteiger partial charge in [0.15, 0.2) is 0 Å². The van der Waals surface area contributed by atoms with Crippen molar-refractivity contribution in [3.05, 3.63) is 231 Å². The lowest BCUT2D eigenvalue weighted by Crippen LogP contribution is -2.21. The molecule has 0 atom stereocenters. The zero-order chi connectivity index (χ0) is 52.7. The number of fused-ring (bicyclic) bond motifs is 3. The fourth-order valence-electron chi connectivity index (χ4n) is 12.1. The normalized spacial score (nSPS) is 11.8. The van der Waals surface area contributed by atoms with E-state index in [1.807, 2.05) is 39.0 Å². The van der Waals surface area contributed by atoms with Crippen LogP contribution in [-0.2, 0) is 39.3 Å². The molecule has 6 nitrogen and oxygen atoms in total. The summed E-state index contributed by atoms with van der Waals surface area (Å²) in [5.74, 6) is 0.921. The van der Waals surface area contributed by atoms with E-state index in [1.165, 1.54) is 16.7 Å². The third-order valence-electron chi connectivity index (χ3n) is 15.0. The van der Waals surface area contributed by atoms with Gasteiger partial charge in [-0.05, 0) is 197 Å². The van der Waals surface area contributed by atoms with Crippen molar-refractivity contribution in [2.24, 2.45) is 0 Å². The molecule has 378 valence electrons. The van der Waals surface area contributed by atoms with Gasteiger partial charge in [0.05, 0.1) is 0 Å². The maximum Gasteiger partial charge on any atom is 0.123 e. The van der Waals surface area contributed by atoms with Crippen LogP contribution in [0.15, 0.2) is 164 Å². The average molecular weight is 988 g/mol. The number of phenols is 3. The van der Waals surface area contributed by atoms with Gasteiger partial charge in [-0.25, -0.2) is 0 Å². The van der Waals surface area contributed by atoms with Crippen molar-refractivity contribution in [1.29, 1.82) is 0 Å². The number of aromatic hydroxyl groups is 3. The van der Waals surface area contributed by atoms with Gasteiger partial charge in [0.1, 0.15) is 17.2 Å². The number of rotatable bonds is 15. The Balaban J connectivity index is 1.00. The van der Waals surface area contributed by atoms with Crippen LogP contribution in [0, 0.1) is 41.5 Å². The molecule has 10 aromatic rings. The first-order valence-electron chi connectivity index (χ1n) is 26.2. The number of aryl methyl sites for hydroxylation is 6. The lowest BCUT2D eigenvalue weighted by molar-refractivity contribution is 0.309. The second-order valence-electron chi connectivity index (χ2n) is 21.6. The van der Waals surface area contributed by atoms with Crippen LogP contribution in [0.25, 0.3) is 65.7 Å². The Hall–Kier alpha value is -7.74. The molecule has 0 aromatic heterocycles. The molecule has 0 amide bonds. The van der Waals surface area contributed by atoms with Gasteiger partial charge in [0, 0.05) is 56.0 Å². The first-order chi connectivity index (χ1) is 36.1. The Kier molecular flexibility index (Phi) is 14.4. The molecule has 0 radical (unpaired) electrons. The van der Waals surface area contributed by atoms with E-state index in [0.717, 1.165) is 116 Å². The topological polar surface area (TPSA) is 70.4 Å². The molecule has 10 aromatic carbocycles. The van der Waals surface area contributed by atoms with Crippen LogP contribution in [-0.4, -0.2) is 51.2 Å². The molecule has 3 N–H and O–H groups in total. The smallest absolute Gasteiger partial charge is 0.123 e. The van der Waals surface area contributed by atoms with E-state index in [2.05, 4.69) is 202 Å². The number of benzene rings is 10. The molecule has 0 unspecified atom stereocenters. The summed E-state index contributed by atoms with van der Waals surface area (Å²) in [7, 11) is 6.58. The molecule has 6 heteroatoms. The highest BCUT2D eigenvalue weighted by molar-refractivity contribution is 6.02. The minimum Gasteiger partial charge on any atom is -0.507 e. The summed E-state index contributed by atoms with van der Waals surface area (Å²) in [4.78, 5) is 7.17. The van der Waals surface area contributed by atoms with Crippen LogP contribution in [0.4, 0.5) is 0 Å². The van der Waals surface area contributed by atoms with Gasteiger partial charge >= 0.3 is 0 Å². The molecule has 0 aliphatic rings. The van der Waals surface area contributed by atoms with Gasteiger partial charge in [0.25, 0.3) is 0 Å². The van der Waals surface area contributed by atoms with E-state index in [-0.39, 0.29) is 0 Å². The highest BCUT2D eigenvalue weighted by atomic mass is 16.3. The Labute approximate surface area is 443 Å². The van der Waals surface area contributed by atoms with Crippen molar-refractivity contribution >= 4 is 32.3 Å². The SMILES string of the molecule is Cc1cc(C)c(-c2c(CN(C)Cc3cc(CN(C)Cc4ccc5ccccc5c4-c4c(C)cc(C)cc4O)cc(CN(C)Cc4ccc5ccccc5c4-c4c(C)cc(C)cc4O)c3)ccc3ccccc23)c(O)c1. The van der Waals surface area contributed by atoms with Crippen molar-refractivity contribution in [3.63, 3.8) is 0 Å². The lowest BCUT2D eigenvalue weighted by Gasteiger charge is -2.25. The average Bonchev–Trinajstić information content (AvgIpc) is 3.35. The quantitative estimate of drug-likeness (QED) is 0.0951. The predicted octanol–water partition coefficient (Wildman–Crippen LogP) is 16.0. The second kappa shape index (κ2) is 21.2. The lowest BCUT2D eigenvalue weighted by atomic mass is 9.89. The van der Waals surface area contributed by atoms with E-state index >= 15 is 0 Å². The summed E-state index contributed by atoms with van der Waals surface area (Å²) in [6, 6.07) is 58.0. The van der Waals surface area contributed by atoms with Crippen molar-refractivity contribution in [1.82, 2.24) is 14.7 Å². The Morgan fingerprint density at radius 2 is 0.560 bits per heavy atom. The van der Waals surface area contributed by atoms with Gasteiger partial charge < -0.3 is 15.3 Å². The zero-order valence-electron chi connectivity index (χ0n) is 45.0. The first-order valence-corrected chi connectivity index (χ1v) is 26.2. The maximum absolute atomic E-state index is 11.5. The fourth-order valence-corrected chi connectivity index (χ4v) is 12.1. The van der Waals surface area contributed by atoms with Gasteiger partial charge in [-0.3, -0.25) is 14.7 Å². The van der Waals surface area contributed by atoms with E-state index in [9.17, 15) is 15.3 Å². The van der Waals surface area contributed by atoms with Crippen molar-refractivity contribution in [2.75, 3.05) is 21.1 Å². The van der Waals surface area contributed by atoms with Crippen LogP contribution in [0.5, 0.6) is 17.2 Å². The van der Waals surface area contributed by atoms with Gasteiger partial charge in [0.2, 0.25) is 0 Å². The molecule has 0 bridgehead atoms. The largest absolute Gasteiger partial charge is 0.507 e. The van der Waals surface area contributed by atoms with Crippen LogP contribution >= 0.6 is 0 Å². The first kappa shape index (κ1) is 50.8. The number of hydrogen-bond donors (Lipinski definition) is 3. The van der Waals surface area contributed by atoms with E-state index in [0.29, 0.717) is 56.5 Å². The van der Waals surface area contributed by atoms with Crippen molar-refractivity contribution < 1.29 is 15.3 Å². The molecule has 0 saturated heterocycles. The summed E-state index contributed by atoms with van der Waals surface area (Å²) in [6.07, 6.45) is 0. The Morgan fingerprint density at radius 3 is 0.827 bits per heavy atom. The summed E-state index contributed by atoms with van der Waals surface area (Å²) < 4.78 is 0. The minimum absolute atomic E-state index is 0.307. The van der Waals surface area contributed by atoms with Crippen LogP contribution < -0.4 is 0 Å². The number of phenolic OH excluding ortho intramolecular Hbond substituents is 3. The van der Waals surface area contributed by atoms with E-state index in [4.69, 9.17) is 0 Å². The molecule has 75 heavy (non-hydrogen) atoms. The maximum atomic E-state index is 11.5. The summed E-state index contributed by atoms with van der Waals surface area (Å²) in [5, 5.41) is 41.4. The zero-order valence-corrected chi connectivity index (χ0v) is 45.0. The summed E-state index contributed by atoms with van der Waals surface area (Å²) in [5.41, 5.74) is 19.4. The van der Waals surface area contributed by atoms with Gasteiger partial charge in [-0.2, -0.15) is 0 Å². The molecule has 0 saturated carbocycles. The molecule has 0 spiro atoms. The summed E-state index contributed by atoms with van der Waals surface area (Å²) >= 11 is 0. The van der Waals surface area contributed by atoms with Crippen molar-refractivity contribution in [2.45, 2.75) is 80.8 Å². The van der Waals surface area contributed by atoms with Gasteiger partial charge in [-0.1, -0.05) is 146 Å².